The molecule has 1 unspecified atom stereocenters. The van der Waals surface area contributed by atoms with Gasteiger partial charge in [-0.25, -0.2) is 4.79 Å². The normalized spacial score (nSPS) is 12.1. The summed E-state index contributed by atoms with van der Waals surface area (Å²) >= 11 is 0. The molecule has 4 aromatic rings. The summed E-state index contributed by atoms with van der Waals surface area (Å²) in [4.78, 5) is 15.4. The van der Waals surface area contributed by atoms with E-state index in [9.17, 15) is 20.1 Å². The van der Waals surface area contributed by atoms with Crippen molar-refractivity contribution in [3.63, 3.8) is 0 Å². The van der Waals surface area contributed by atoms with Crippen molar-refractivity contribution in [2.45, 2.75) is 6.10 Å². The molecule has 0 aliphatic carbocycles. The van der Waals surface area contributed by atoms with E-state index in [2.05, 4.69) is 4.98 Å². The number of ether oxygens (including phenoxy) is 1. The molecule has 6 nitrogen and oxygen atoms in total. The minimum Gasteiger partial charge on any atom is -0.507 e. The first-order valence-corrected chi connectivity index (χ1v) is 8.99. The van der Waals surface area contributed by atoms with Crippen LogP contribution >= 0.6 is 0 Å². The number of aromatic amines is 1. The first-order chi connectivity index (χ1) is 14.0. The lowest BCUT2D eigenvalue weighted by atomic mass is 9.92. The van der Waals surface area contributed by atoms with E-state index in [-0.39, 0.29) is 22.6 Å². The van der Waals surface area contributed by atoms with Crippen molar-refractivity contribution in [1.82, 2.24) is 4.98 Å². The van der Waals surface area contributed by atoms with Gasteiger partial charge in [0.1, 0.15) is 23.2 Å². The first-order valence-electron chi connectivity index (χ1n) is 8.99. The smallest absolute Gasteiger partial charge is 0.342 e. The number of hydrogen-bond donors (Lipinski definition) is 4. The maximum atomic E-state index is 12.3. The van der Waals surface area contributed by atoms with Crippen molar-refractivity contribution >= 4 is 16.9 Å². The molecule has 4 N–H and O–H groups in total. The van der Waals surface area contributed by atoms with Crippen molar-refractivity contribution in [3.8, 4) is 22.6 Å². The number of carbonyl (C=O) groups is 1. The fourth-order valence-corrected chi connectivity index (χ4v) is 3.62. The lowest BCUT2D eigenvalue weighted by Gasteiger charge is -2.16. The largest absolute Gasteiger partial charge is 0.507 e. The number of aliphatic hydroxyl groups is 1. The number of aromatic hydroxyl groups is 2. The topological polar surface area (TPSA) is 103 Å². The van der Waals surface area contributed by atoms with Crippen molar-refractivity contribution < 1.29 is 24.9 Å². The Balaban J connectivity index is 2.01. The fraction of sp³-hybridized carbons (Fsp3) is 0.0870. The summed E-state index contributed by atoms with van der Waals surface area (Å²) in [6, 6.07) is 17.2. The minimum atomic E-state index is -0.921. The number of aliphatic hydroxyl groups excluding tert-OH is 1. The molecule has 1 aromatic heterocycles. The van der Waals surface area contributed by atoms with E-state index in [4.69, 9.17) is 4.74 Å². The van der Waals surface area contributed by atoms with Gasteiger partial charge in [0.15, 0.2) is 0 Å². The molecule has 1 atom stereocenters. The van der Waals surface area contributed by atoms with E-state index in [0.717, 1.165) is 0 Å². The highest BCUT2D eigenvalue weighted by molar-refractivity contribution is 6.08. The van der Waals surface area contributed by atoms with Crippen LogP contribution in [0.1, 0.15) is 27.6 Å². The number of benzene rings is 3. The fourth-order valence-electron chi connectivity index (χ4n) is 3.62. The second kappa shape index (κ2) is 7.33. The second-order valence-electron chi connectivity index (χ2n) is 6.63. The molecule has 0 aliphatic rings. The van der Waals surface area contributed by atoms with Crippen molar-refractivity contribution in [2.75, 3.05) is 7.11 Å². The van der Waals surface area contributed by atoms with Crippen LogP contribution in [0.15, 0.2) is 66.9 Å². The molecule has 0 aliphatic heterocycles. The monoisotopic (exact) mass is 389 g/mol. The molecule has 3 aromatic carbocycles. The molecule has 1 heterocycles. The molecule has 0 saturated carbocycles. The molecular weight excluding hydrogens is 370 g/mol. The molecule has 0 radical (unpaired) electrons. The number of hydrogen-bond acceptors (Lipinski definition) is 5. The molecule has 0 amide bonds. The van der Waals surface area contributed by atoms with Crippen LogP contribution in [-0.4, -0.2) is 33.4 Å². The second-order valence-corrected chi connectivity index (χ2v) is 6.63. The van der Waals surface area contributed by atoms with Gasteiger partial charge in [0.2, 0.25) is 0 Å². The summed E-state index contributed by atoms with van der Waals surface area (Å²) in [7, 11) is 1.20. The van der Waals surface area contributed by atoms with Crippen molar-refractivity contribution in [3.05, 3.63) is 83.6 Å². The summed E-state index contributed by atoms with van der Waals surface area (Å²) in [5.74, 6) is -1.27. The standard InChI is InChI=1S/C23H19NO5/c1-29-23(28)21-18(26)11-10-17(25)20(21)15-12-24-16-9-5-8-14(19(15)16)22(27)13-6-3-2-4-7-13/h2-12,22,24-27H,1H3. The minimum absolute atomic E-state index is 0.135. The van der Waals surface area contributed by atoms with Gasteiger partial charge in [-0.15, -0.1) is 0 Å². The van der Waals surface area contributed by atoms with Crippen LogP contribution in [0.25, 0.3) is 22.0 Å². The van der Waals surface area contributed by atoms with Crippen LogP contribution in [0.4, 0.5) is 0 Å². The molecule has 4 rings (SSSR count). The number of methoxy groups -OCH3 is 1. The summed E-state index contributed by atoms with van der Waals surface area (Å²) < 4.78 is 4.80. The van der Waals surface area contributed by atoms with E-state index in [0.29, 0.717) is 27.6 Å². The highest BCUT2D eigenvalue weighted by Gasteiger charge is 2.26. The molecule has 6 heteroatoms. The third kappa shape index (κ3) is 3.09. The van der Waals surface area contributed by atoms with Gasteiger partial charge >= 0.3 is 5.97 Å². The van der Waals surface area contributed by atoms with Gasteiger partial charge in [0.25, 0.3) is 0 Å². The number of rotatable bonds is 4. The van der Waals surface area contributed by atoms with E-state index in [1.807, 2.05) is 42.5 Å². The van der Waals surface area contributed by atoms with Gasteiger partial charge in [-0.2, -0.15) is 0 Å². The Morgan fingerprint density at radius 1 is 0.966 bits per heavy atom. The SMILES string of the molecule is COC(=O)c1c(O)ccc(O)c1-c1c[nH]c2cccc(C(O)c3ccccc3)c12. The zero-order valence-corrected chi connectivity index (χ0v) is 15.6. The lowest BCUT2D eigenvalue weighted by Crippen LogP contribution is -2.05. The zero-order chi connectivity index (χ0) is 20.5. The summed E-state index contributed by atoms with van der Waals surface area (Å²) in [5, 5.41) is 32.5. The zero-order valence-electron chi connectivity index (χ0n) is 15.6. The third-order valence-corrected chi connectivity index (χ3v) is 4.97. The highest BCUT2D eigenvalue weighted by Crippen LogP contribution is 2.43. The third-order valence-electron chi connectivity index (χ3n) is 4.97. The molecule has 0 fully saturated rings. The number of phenolic OH excluding ortho intramolecular Hbond substituents is 2. The lowest BCUT2D eigenvalue weighted by molar-refractivity contribution is 0.0598. The Morgan fingerprint density at radius 3 is 2.41 bits per heavy atom. The number of fused-ring (bicyclic) bond motifs is 1. The van der Waals surface area contributed by atoms with Crippen LogP contribution in [0.5, 0.6) is 11.5 Å². The van der Waals surface area contributed by atoms with E-state index in [1.54, 1.807) is 12.3 Å². The highest BCUT2D eigenvalue weighted by atomic mass is 16.5. The Bertz CT molecular complexity index is 1200. The quantitative estimate of drug-likeness (QED) is 0.311. The molecule has 146 valence electrons. The predicted octanol–water partition coefficient (Wildman–Crippen LogP) is 4.11. The molecular formula is C23H19NO5. The van der Waals surface area contributed by atoms with Gasteiger partial charge in [-0.3, -0.25) is 0 Å². The Morgan fingerprint density at radius 2 is 1.69 bits per heavy atom. The number of phenols is 2. The maximum Gasteiger partial charge on any atom is 0.342 e. The average molecular weight is 389 g/mol. The van der Waals surface area contributed by atoms with Gasteiger partial charge in [-0.05, 0) is 29.3 Å². The summed E-state index contributed by atoms with van der Waals surface area (Å²) in [6.45, 7) is 0. The Hall–Kier alpha value is -3.77. The molecule has 0 bridgehead atoms. The van der Waals surface area contributed by atoms with Gasteiger partial charge < -0.3 is 25.0 Å². The van der Waals surface area contributed by atoms with E-state index >= 15 is 0 Å². The summed E-state index contributed by atoms with van der Waals surface area (Å²) in [5.41, 5.74) is 2.49. The average Bonchev–Trinajstić information content (AvgIpc) is 3.18. The van der Waals surface area contributed by atoms with E-state index in [1.165, 1.54) is 19.2 Å². The van der Waals surface area contributed by atoms with Crippen LogP contribution in [-0.2, 0) is 4.74 Å². The van der Waals surface area contributed by atoms with Crippen molar-refractivity contribution in [2.24, 2.45) is 0 Å². The van der Waals surface area contributed by atoms with Gasteiger partial charge in [0.05, 0.1) is 7.11 Å². The molecule has 0 spiro atoms. The van der Waals surface area contributed by atoms with Gasteiger partial charge in [-0.1, -0.05) is 42.5 Å². The van der Waals surface area contributed by atoms with E-state index < -0.39 is 12.1 Å². The first kappa shape index (κ1) is 18.6. The van der Waals surface area contributed by atoms with Gasteiger partial charge in [0, 0.05) is 28.2 Å². The maximum absolute atomic E-state index is 12.3. The Kier molecular flexibility index (Phi) is 4.70. The van der Waals surface area contributed by atoms with Crippen LogP contribution in [0.2, 0.25) is 0 Å². The Labute approximate surface area is 166 Å². The molecule has 0 saturated heterocycles. The van der Waals surface area contributed by atoms with Crippen LogP contribution < -0.4 is 0 Å². The number of H-pyrrole nitrogens is 1. The molecule has 29 heavy (non-hydrogen) atoms. The number of esters is 1. The summed E-state index contributed by atoms with van der Waals surface area (Å²) in [6.07, 6.45) is 0.711. The predicted molar refractivity (Wildman–Crippen MR) is 109 cm³/mol. The number of carbonyl (C=O) groups excluding carboxylic acids is 1. The van der Waals surface area contributed by atoms with Crippen LogP contribution in [0.3, 0.4) is 0 Å². The van der Waals surface area contributed by atoms with Crippen molar-refractivity contribution in [1.29, 1.82) is 0 Å². The van der Waals surface area contributed by atoms with Crippen LogP contribution in [0, 0.1) is 0 Å². The number of aromatic nitrogens is 1. The number of nitrogens with one attached hydrogen (secondary N) is 1.